The first-order valence-corrected chi connectivity index (χ1v) is 11.7. The first-order chi connectivity index (χ1) is 14.0. The van der Waals surface area contributed by atoms with Gasteiger partial charge in [0.25, 0.3) is 0 Å². The molecule has 0 aliphatic carbocycles. The zero-order chi connectivity index (χ0) is 21.7. The molecule has 30 heavy (non-hydrogen) atoms. The molecule has 0 radical (unpaired) electrons. The molecule has 1 unspecified atom stereocenters. The van der Waals surface area contributed by atoms with Crippen LogP contribution < -0.4 is 40.4 Å². The van der Waals surface area contributed by atoms with Crippen LogP contribution in [0, 0.1) is 0 Å². The third-order valence-electron chi connectivity index (χ3n) is 5.16. The summed E-state index contributed by atoms with van der Waals surface area (Å²) >= 11 is 0. The molecule has 0 amide bonds. The third kappa shape index (κ3) is 22.3. The Labute approximate surface area is 205 Å². The largest absolute Gasteiger partial charge is 1.00 e. The number of esters is 2. The van der Waals surface area contributed by atoms with Gasteiger partial charge in [0, 0.05) is 12.4 Å². The van der Waals surface area contributed by atoms with Crippen LogP contribution in [0.1, 0.15) is 122 Å². The summed E-state index contributed by atoms with van der Waals surface area (Å²) in [6.45, 7) is 2.25. The predicted octanol–water partition coefficient (Wildman–Crippen LogP) is 1.18. The van der Waals surface area contributed by atoms with Crippen molar-refractivity contribution >= 4 is 17.9 Å². The second-order valence-corrected chi connectivity index (χ2v) is 8.01. The molecule has 0 aromatic rings. The monoisotopic (exact) mass is 435 g/mol. The molecule has 7 heteroatoms. The van der Waals surface area contributed by atoms with E-state index in [4.69, 9.17) is 5.73 Å². The molecular weight excluding hydrogens is 393 g/mol. The van der Waals surface area contributed by atoms with Crippen molar-refractivity contribution in [3.05, 3.63) is 0 Å². The van der Waals surface area contributed by atoms with E-state index in [2.05, 4.69) is 11.7 Å². The molecule has 2 N–H and O–H groups in total. The molecule has 0 saturated carbocycles. The number of carbonyl (C=O) groups excluding carboxylic acids is 3. The first kappa shape index (κ1) is 31.8. The summed E-state index contributed by atoms with van der Waals surface area (Å²) in [5, 5.41) is 10.3. The second kappa shape index (κ2) is 23.2. The van der Waals surface area contributed by atoms with Gasteiger partial charge in [-0.3, -0.25) is 4.79 Å². The molecule has 0 spiro atoms. The Balaban J connectivity index is 0. The number of ether oxygens (including phenoxy) is 1. The Hall–Kier alpha value is -0.430. The number of hydrogen-bond acceptors (Lipinski definition) is 6. The van der Waals surface area contributed by atoms with Gasteiger partial charge in [-0.05, 0) is 19.3 Å². The summed E-state index contributed by atoms with van der Waals surface area (Å²) in [7, 11) is 0. The molecule has 6 nitrogen and oxygen atoms in total. The van der Waals surface area contributed by atoms with Gasteiger partial charge in [0.1, 0.15) is 6.04 Å². The summed E-state index contributed by atoms with van der Waals surface area (Å²) in [5.41, 5.74) is 5.48. The number of nitrogens with two attached hydrogens (primary N) is 1. The Bertz CT molecular complexity index is 445. The van der Waals surface area contributed by atoms with E-state index in [1.165, 1.54) is 77.0 Å². The summed E-state index contributed by atoms with van der Waals surface area (Å²) in [6, 6.07) is -1.10. The van der Waals surface area contributed by atoms with Crippen LogP contribution >= 0.6 is 0 Å². The quantitative estimate of drug-likeness (QED) is 0.133. The number of carboxylic acid groups (broad SMARTS) is 1. The maximum Gasteiger partial charge on any atom is 1.00 e. The fraction of sp³-hybridized carbons (Fsp3) is 0.870. The molecule has 1 atom stereocenters. The van der Waals surface area contributed by atoms with Crippen LogP contribution in [0.15, 0.2) is 0 Å². The number of carboxylic acids is 1. The van der Waals surface area contributed by atoms with Crippen molar-refractivity contribution in [1.82, 2.24) is 0 Å². The average molecular weight is 436 g/mol. The van der Waals surface area contributed by atoms with Gasteiger partial charge in [0.05, 0.1) is 0 Å². The summed E-state index contributed by atoms with van der Waals surface area (Å²) in [5.74, 6) is -2.73. The van der Waals surface area contributed by atoms with E-state index in [1.54, 1.807) is 0 Å². The molecular formula is C23H42NNaO5. The Morgan fingerprint density at radius 1 is 0.733 bits per heavy atom. The van der Waals surface area contributed by atoms with Crippen LogP contribution in [0.4, 0.5) is 0 Å². The van der Waals surface area contributed by atoms with Gasteiger partial charge in [0.2, 0.25) is 0 Å². The molecule has 0 saturated heterocycles. The molecule has 0 heterocycles. The van der Waals surface area contributed by atoms with Crippen molar-refractivity contribution in [3.8, 4) is 0 Å². The van der Waals surface area contributed by atoms with E-state index in [0.717, 1.165) is 12.8 Å². The van der Waals surface area contributed by atoms with E-state index in [9.17, 15) is 19.5 Å². The van der Waals surface area contributed by atoms with Gasteiger partial charge >= 0.3 is 41.5 Å². The second-order valence-electron chi connectivity index (χ2n) is 8.01. The smallest absolute Gasteiger partial charge is 0.550 e. The van der Waals surface area contributed by atoms with Crippen LogP contribution in [-0.2, 0) is 19.1 Å². The summed E-state index contributed by atoms with van der Waals surface area (Å²) in [6.07, 6.45) is 18.5. The van der Waals surface area contributed by atoms with Crippen LogP contribution in [0.2, 0.25) is 0 Å². The number of carbonyl (C=O) groups is 3. The molecule has 0 bridgehead atoms. The number of hydrogen-bond donors (Lipinski definition) is 1. The molecule has 170 valence electrons. The van der Waals surface area contributed by atoms with Crippen molar-refractivity contribution in [1.29, 1.82) is 0 Å². The maximum atomic E-state index is 11.6. The van der Waals surface area contributed by atoms with E-state index >= 15 is 0 Å². The van der Waals surface area contributed by atoms with Crippen molar-refractivity contribution in [2.45, 2.75) is 129 Å². The fourth-order valence-corrected chi connectivity index (χ4v) is 3.27. The molecule has 0 aromatic heterocycles. The van der Waals surface area contributed by atoms with E-state index < -0.39 is 23.9 Å². The van der Waals surface area contributed by atoms with Gasteiger partial charge in [-0.25, -0.2) is 4.79 Å². The molecule has 0 fully saturated rings. The Morgan fingerprint density at radius 2 is 1.13 bits per heavy atom. The van der Waals surface area contributed by atoms with Crippen molar-refractivity contribution < 1.29 is 53.8 Å². The predicted molar refractivity (Wildman–Crippen MR) is 113 cm³/mol. The minimum absolute atomic E-state index is 0. The van der Waals surface area contributed by atoms with Crippen LogP contribution in [0.25, 0.3) is 0 Å². The Morgan fingerprint density at radius 3 is 1.53 bits per heavy atom. The molecule has 0 aliphatic rings. The van der Waals surface area contributed by atoms with Crippen LogP contribution in [0.3, 0.4) is 0 Å². The van der Waals surface area contributed by atoms with Crippen LogP contribution in [-0.4, -0.2) is 23.9 Å². The minimum atomic E-state index is -1.28. The minimum Gasteiger partial charge on any atom is -0.550 e. The van der Waals surface area contributed by atoms with Gasteiger partial charge < -0.3 is 20.4 Å². The molecule has 0 rings (SSSR count). The average Bonchev–Trinajstić information content (AvgIpc) is 2.68. The van der Waals surface area contributed by atoms with Crippen LogP contribution in [0.5, 0.6) is 0 Å². The van der Waals surface area contributed by atoms with Crippen molar-refractivity contribution in [2.24, 2.45) is 5.73 Å². The standard InChI is InChI=1S/C23H43NO5.Na/c1-2-3-4-5-6-7-8-9-10-11-12-13-14-15-16-17-22(27)29-23(28)20(24)18-19-21(25)26;/h20H,2-19,24H2,1H3,(H,25,26);/q;+1/p-1. The zero-order valence-corrected chi connectivity index (χ0v) is 21.4. The van der Waals surface area contributed by atoms with E-state index in [0.29, 0.717) is 6.42 Å². The summed E-state index contributed by atoms with van der Waals surface area (Å²) < 4.78 is 4.65. The third-order valence-corrected chi connectivity index (χ3v) is 5.16. The number of rotatable bonds is 20. The van der Waals surface area contributed by atoms with Gasteiger partial charge in [-0.1, -0.05) is 96.8 Å². The Kier molecular flexibility index (Phi) is 24.6. The van der Waals surface area contributed by atoms with Gasteiger partial charge in [-0.15, -0.1) is 0 Å². The molecule has 0 aromatic carbocycles. The van der Waals surface area contributed by atoms with Gasteiger partial charge in [0.15, 0.2) is 0 Å². The topological polar surface area (TPSA) is 110 Å². The first-order valence-electron chi connectivity index (χ1n) is 11.7. The normalized spacial score (nSPS) is 11.5. The van der Waals surface area contributed by atoms with Crippen molar-refractivity contribution in [3.63, 3.8) is 0 Å². The number of aliphatic carboxylic acids is 1. The maximum absolute atomic E-state index is 11.6. The fourth-order valence-electron chi connectivity index (χ4n) is 3.27. The van der Waals surface area contributed by atoms with Crippen molar-refractivity contribution in [2.75, 3.05) is 0 Å². The van der Waals surface area contributed by atoms with E-state index in [-0.39, 0.29) is 48.8 Å². The zero-order valence-electron chi connectivity index (χ0n) is 19.4. The summed E-state index contributed by atoms with van der Waals surface area (Å²) in [4.78, 5) is 33.5. The SMILES string of the molecule is CCCCCCCCCCCCCCCCCC(=O)OC(=O)C(N)CCC(=O)[O-].[Na+]. The molecule has 0 aliphatic heterocycles. The van der Waals surface area contributed by atoms with Gasteiger partial charge in [-0.2, -0.15) is 0 Å². The number of unbranched alkanes of at least 4 members (excludes halogenated alkanes) is 14. The van der Waals surface area contributed by atoms with E-state index in [1.807, 2.05) is 0 Å².